The number of carbonyl (C=O) groups is 3. The first-order chi connectivity index (χ1) is 35.2. The average molecular weight is 1030 g/mol. The maximum Gasteiger partial charge on any atom is 0.472 e. The Morgan fingerprint density at radius 2 is 0.778 bits per heavy atom. The van der Waals surface area contributed by atoms with Crippen LogP contribution in [0.4, 0.5) is 0 Å². The fourth-order valence-corrected chi connectivity index (χ4v) is 8.55. The molecular weight excluding hydrogens is 928 g/mol. The highest BCUT2D eigenvalue weighted by molar-refractivity contribution is 7.47. The SMILES string of the molecule is CC/C=C\C/C=C\C/C=C\C/C=C\CCC(=O)OCC(COP(=O)(O)OCC(CO)OC(=O)CCCCCCC/C=C\C/C=C\CCC)OC(=O)CCCCCCCCCCCCCCCCCCCCC. The topological polar surface area (TPSA) is 155 Å². The number of aliphatic hydroxyl groups excluding tert-OH is 1. The zero-order chi connectivity index (χ0) is 52.7. The number of phosphoric ester groups is 1. The van der Waals surface area contributed by atoms with E-state index in [4.69, 9.17) is 23.3 Å². The van der Waals surface area contributed by atoms with Gasteiger partial charge in [0.2, 0.25) is 0 Å². The number of carbonyl (C=O) groups excluding carboxylic acids is 3. The van der Waals surface area contributed by atoms with E-state index in [0.717, 1.165) is 96.3 Å². The van der Waals surface area contributed by atoms with E-state index in [9.17, 15) is 28.9 Å². The third-order valence-corrected chi connectivity index (χ3v) is 13.1. The molecule has 0 saturated heterocycles. The van der Waals surface area contributed by atoms with Gasteiger partial charge in [-0.05, 0) is 70.6 Å². The van der Waals surface area contributed by atoms with E-state index in [1.54, 1.807) is 0 Å². The second-order valence-corrected chi connectivity index (χ2v) is 20.5. The Labute approximate surface area is 439 Å². The third kappa shape index (κ3) is 51.8. The molecule has 0 spiro atoms. The normalized spacial score (nSPS) is 13.9. The fraction of sp³-hybridized carbons (Fsp3) is 0.750. The first-order valence-electron chi connectivity index (χ1n) is 28.8. The first kappa shape index (κ1) is 68.9. The Morgan fingerprint density at radius 1 is 0.403 bits per heavy atom. The van der Waals surface area contributed by atoms with Crippen LogP contribution in [0.3, 0.4) is 0 Å². The third-order valence-electron chi connectivity index (χ3n) is 12.1. The number of hydrogen-bond donors (Lipinski definition) is 2. The summed E-state index contributed by atoms with van der Waals surface area (Å²) in [6, 6.07) is 0. The lowest BCUT2D eigenvalue weighted by Gasteiger charge is -2.21. The van der Waals surface area contributed by atoms with Gasteiger partial charge in [0.1, 0.15) is 12.7 Å². The molecule has 0 aliphatic carbocycles. The van der Waals surface area contributed by atoms with Gasteiger partial charge in [-0.2, -0.15) is 0 Å². The van der Waals surface area contributed by atoms with Gasteiger partial charge in [-0.3, -0.25) is 23.4 Å². The van der Waals surface area contributed by atoms with Gasteiger partial charge in [0.15, 0.2) is 6.10 Å². The van der Waals surface area contributed by atoms with Crippen LogP contribution in [0.15, 0.2) is 72.9 Å². The van der Waals surface area contributed by atoms with Crippen LogP contribution in [-0.4, -0.2) is 66.5 Å². The predicted molar refractivity (Wildman–Crippen MR) is 298 cm³/mol. The van der Waals surface area contributed by atoms with Crippen LogP contribution >= 0.6 is 7.82 Å². The summed E-state index contributed by atoms with van der Waals surface area (Å²) in [4.78, 5) is 48.4. The van der Waals surface area contributed by atoms with Crippen molar-refractivity contribution in [2.45, 2.75) is 264 Å². The lowest BCUT2D eigenvalue weighted by Crippen LogP contribution is -2.30. The standard InChI is InChI=1S/C60H105O11P/c1-4-7-10-13-16-19-22-25-26-27-28-29-30-33-36-39-42-45-48-51-60(64)71-57(53-67-58(62)49-46-43-40-37-34-31-23-20-17-14-11-8-5-2)55-69-72(65,66)68-54-56(52-61)70-59(63)50-47-44-41-38-35-32-24-21-18-15-12-9-6-3/h8,11-12,15,17,20-21,24,31,34,40,43,56-57,61H,4-7,9-10,13-14,16,18-19,22-23,25-30,32-33,35-39,41-42,44-55H2,1-3H3,(H,65,66)/b11-8-,15-12-,20-17-,24-21-,34-31-,43-40-. The van der Waals surface area contributed by atoms with E-state index < -0.39 is 57.8 Å². The van der Waals surface area contributed by atoms with E-state index >= 15 is 0 Å². The minimum atomic E-state index is -4.76. The van der Waals surface area contributed by atoms with Gasteiger partial charge in [-0.15, -0.1) is 0 Å². The van der Waals surface area contributed by atoms with E-state index in [-0.39, 0.29) is 25.9 Å². The number of ether oxygens (including phenoxy) is 3. The fourth-order valence-electron chi connectivity index (χ4n) is 7.76. The predicted octanol–water partition coefficient (Wildman–Crippen LogP) is 16.9. The Hall–Kier alpha value is -3.08. The van der Waals surface area contributed by atoms with Crippen LogP contribution in [-0.2, 0) is 42.2 Å². The molecule has 416 valence electrons. The van der Waals surface area contributed by atoms with Gasteiger partial charge in [-0.25, -0.2) is 4.57 Å². The summed E-state index contributed by atoms with van der Waals surface area (Å²) in [5.41, 5.74) is 0. The van der Waals surface area contributed by atoms with Crippen molar-refractivity contribution in [3.63, 3.8) is 0 Å². The Kier molecular flexibility index (Phi) is 51.9. The van der Waals surface area contributed by atoms with Crippen LogP contribution in [0.1, 0.15) is 252 Å². The maximum atomic E-state index is 12.9. The van der Waals surface area contributed by atoms with Gasteiger partial charge < -0.3 is 24.2 Å². The zero-order valence-corrected chi connectivity index (χ0v) is 46.8. The van der Waals surface area contributed by atoms with Crippen LogP contribution in [0.25, 0.3) is 0 Å². The molecule has 2 N–H and O–H groups in total. The van der Waals surface area contributed by atoms with Gasteiger partial charge in [0.25, 0.3) is 0 Å². The molecule has 0 fully saturated rings. The van der Waals surface area contributed by atoms with Gasteiger partial charge in [-0.1, -0.05) is 235 Å². The number of unbranched alkanes of at least 4 members (excludes halogenated alkanes) is 24. The summed E-state index contributed by atoms with van der Waals surface area (Å²) < 4.78 is 39.4. The summed E-state index contributed by atoms with van der Waals surface area (Å²) in [6.45, 7) is 4.39. The molecule has 0 rings (SSSR count). The summed E-state index contributed by atoms with van der Waals surface area (Å²) in [5, 5.41) is 9.80. The Balaban J connectivity index is 4.75. The molecular formula is C60H105O11P. The smallest absolute Gasteiger partial charge is 0.462 e. The monoisotopic (exact) mass is 1030 g/mol. The van der Waals surface area contributed by atoms with Crippen molar-refractivity contribution >= 4 is 25.7 Å². The number of phosphoric acid groups is 1. The van der Waals surface area contributed by atoms with Crippen LogP contribution in [0.5, 0.6) is 0 Å². The highest BCUT2D eigenvalue weighted by Gasteiger charge is 2.28. The van der Waals surface area contributed by atoms with Crippen molar-refractivity contribution in [2.24, 2.45) is 0 Å². The van der Waals surface area contributed by atoms with Crippen molar-refractivity contribution < 1.29 is 52.2 Å². The number of rotatable bonds is 53. The largest absolute Gasteiger partial charge is 0.472 e. The highest BCUT2D eigenvalue weighted by Crippen LogP contribution is 2.43. The molecule has 11 nitrogen and oxygen atoms in total. The van der Waals surface area contributed by atoms with E-state index in [2.05, 4.69) is 81.5 Å². The van der Waals surface area contributed by atoms with Gasteiger partial charge >= 0.3 is 25.7 Å². The van der Waals surface area contributed by atoms with E-state index in [1.165, 1.54) is 96.3 Å². The molecule has 0 aromatic heterocycles. The van der Waals surface area contributed by atoms with Gasteiger partial charge in [0.05, 0.1) is 19.8 Å². The quantitative estimate of drug-likeness (QED) is 0.0197. The molecule has 0 aromatic carbocycles. The van der Waals surface area contributed by atoms with Crippen LogP contribution < -0.4 is 0 Å². The molecule has 0 aromatic rings. The van der Waals surface area contributed by atoms with Crippen LogP contribution in [0, 0.1) is 0 Å². The molecule has 0 radical (unpaired) electrons. The summed E-state index contributed by atoms with van der Waals surface area (Å²) >= 11 is 0. The number of esters is 3. The van der Waals surface area contributed by atoms with Crippen molar-refractivity contribution in [1.29, 1.82) is 0 Å². The van der Waals surface area contributed by atoms with Crippen molar-refractivity contribution in [2.75, 3.05) is 26.4 Å². The molecule has 0 aliphatic rings. The maximum absolute atomic E-state index is 12.9. The van der Waals surface area contributed by atoms with E-state index in [0.29, 0.717) is 19.3 Å². The molecule has 0 bridgehead atoms. The van der Waals surface area contributed by atoms with E-state index in [1.807, 2.05) is 12.2 Å². The summed E-state index contributed by atoms with van der Waals surface area (Å²) in [6.07, 6.45) is 60.3. The zero-order valence-electron chi connectivity index (χ0n) is 45.9. The first-order valence-corrected chi connectivity index (χ1v) is 30.3. The lowest BCUT2D eigenvalue weighted by molar-refractivity contribution is -0.161. The second-order valence-electron chi connectivity index (χ2n) is 19.1. The van der Waals surface area contributed by atoms with Crippen molar-refractivity contribution in [3.05, 3.63) is 72.9 Å². The lowest BCUT2D eigenvalue weighted by atomic mass is 10.0. The highest BCUT2D eigenvalue weighted by atomic mass is 31.2. The van der Waals surface area contributed by atoms with Gasteiger partial charge in [0, 0.05) is 19.3 Å². The Bertz CT molecular complexity index is 1490. The number of allylic oxidation sites excluding steroid dienone is 12. The molecule has 3 atom stereocenters. The summed E-state index contributed by atoms with van der Waals surface area (Å²) in [7, 11) is -4.76. The number of aliphatic hydroxyl groups is 1. The molecule has 0 aliphatic heterocycles. The molecule has 12 heteroatoms. The average Bonchev–Trinajstić information content (AvgIpc) is 3.37. The minimum Gasteiger partial charge on any atom is -0.462 e. The van der Waals surface area contributed by atoms with Crippen LogP contribution in [0.2, 0.25) is 0 Å². The number of hydrogen-bond acceptors (Lipinski definition) is 10. The van der Waals surface area contributed by atoms with Crippen molar-refractivity contribution in [3.8, 4) is 0 Å². The molecule has 0 amide bonds. The molecule has 72 heavy (non-hydrogen) atoms. The molecule has 3 unspecified atom stereocenters. The Morgan fingerprint density at radius 3 is 1.22 bits per heavy atom. The second kappa shape index (κ2) is 54.2. The summed E-state index contributed by atoms with van der Waals surface area (Å²) in [5.74, 6) is -1.57. The molecule has 0 heterocycles. The molecule has 0 saturated carbocycles. The van der Waals surface area contributed by atoms with Crippen molar-refractivity contribution in [1.82, 2.24) is 0 Å². The minimum absolute atomic E-state index is 0.105.